The van der Waals surface area contributed by atoms with Crippen molar-refractivity contribution in [1.82, 2.24) is 9.80 Å². The highest BCUT2D eigenvalue weighted by molar-refractivity contribution is 6.02. The second-order valence-corrected chi connectivity index (χ2v) is 8.05. The van der Waals surface area contributed by atoms with Gasteiger partial charge >= 0.3 is 0 Å². The Labute approximate surface area is 179 Å². The molecule has 1 saturated heterocycles. The zero-order chi connectivity index (χ0) is 21.7. The van der Waals surface area contributed by atoms with Crippen molar-refractivity contribution in [3.05, 3.63) is 23.8 Å². The zero-order valence-corrected chi connectivity index (χ0v) is 18.4. The van der Waals surface area contributed by atoms with Gasteiger partial charge in [0.2, 0.25) is 11.8 Å². The summed E-state index contributed by atoms with van der Waals surface area (Å²) in [6, 6.07) is 5.59. The van der Waals surface area contributed by atoms with Gasteiger partial charge in [0.25, 0.3) is 5.91 Å². The summed E-state index contributed by atoms with van der Waals surface area (Å²) in [4.78, 5) is 43.6. The smallest absolute Gasteiger partial charge is 0.256 e. The van der Waals surface area contributed by atoms with E-state index < -0.39 is 0 Å². The molecule has 1 aliphatic carbocycles. The van der Waals surface area contributed by atoms with E-state index in [0.717, 1.165) is 38.0 Å². The number of rotatable bonds is 7. The van der Waals surface area contributed by atoms with Crippen LogP contribution >= 0.6 is 0 Å². The van der Waals surface area contributed by atoms with E-state index in [1.165, 1.54) is 0 Å². The van der Waals surface area contributed by atoms with E-state index in [2.05, 4.69) is 10.2 Å². The van der Waals surface area contributed by atoms with Crippen molar-refractivity contribution in [3.8, 4) is 0 Å². The molecule has 164 valence electrons. The Morgan fingerprint density at radius 3 is 2.40 bits per heavy atom. The number of nitrogens with one attached hydrogen (secondary N) is 1. The van der Waals surface area contributed by atoms with Crippen molar-refractivity contribution in [2.45, 2.75) is 46.5 Å². The van der Waals surface area contributed by atoms with Crippen LogP contribution in [0.2, 0.25) is 0 Å². The summed E-state index contributed by atoms with van der Waals surface area (Å²) in [5, 5.41) is 2.86. The summed E-state index contributed by atoms with van der Waals surface area (Å²) in [6.45, 7) is 9.96. The molecular weight excluding hydrogens is 380 g/mol. The lowest BCUT2D eigenvalue weighted by molar-refractivity contribution is -0.132. The monoisotopic (exact) mass is 414 g/mol. The fourth-order valence-corrected chi connectivity index (χ4v) is 3.96. The quantitative estimate of drug-likeness (QED) is 0.745. The molecule has 3 rings (SSSR count). The number of hydrogen-bond acceptors (Lipinski definition) is 4. The number of amides is 3. The molecule has 1 N–H and O–H groups in total. The van der Waals surface area contributed by atoms with Gasteiger partial charge in [0.05, 0.1) is 5.56 Å². The third-order valence-electron chi connectivity index (χ3n) is 5.96. The first kappa shape index (κ1) is 22.1. The van der Waals surface area contributed by atoms with Crippen molar-refractivity contribution in [1.29, 1.82) is 0 Å². The van der Waals surface area contributed by atoms with Gasteiger partial charge in [-0.1, -0.05) is 6.92 Å². The van der Waals surface area contributed by atoms with Crippen LogP contribution in [-0.2, 0) is 9.59 Å². The third kappa shape index (κ3) is 5.12. The third-order valence-corrected chi connectivity index (χ3v) is 5.96. The highest BCUT2D eigenvalue weighted by Gasteiger charge is 2.34. The standard InChI is InChI=1S/C23H34N4O3/c1-4-21(28)24-18-10-11-20(19(16-18)23(30)25(5-2)6-3)26-12-7-13-27(15-14-26)22(29)17-8-9-17/h10-11,16-17H,4-9,12-15H2,1-3H3,(H,24,28). The number of carbonyl (C=O) groups is 3. The summed E-state index contributed by atoms with van der Waals surface area (Å²) in [6.07, 6.45) is 3.31. The van der Waals surface area contributed by atoms with Crippen LogP contribution in [-0.4, -0.2) is 66.8 Å². The van der Waals surface area contributed by atoms with Crippen LogP contribution in [0, 0.1) is 5.92 Å². The minimum atomic E-state index is -0.0759. The number of benzene rings is 1. The van der Waals surface area contributed by atoms with Crippen LogP contribution in [0.3, 0.4) is 0 Å². The molecule has 0 atom stereocenters. The Balaban J connectivity index is 1.85. The fraction of sp³-hybridized carbons (Fsp3) is 0.609. The van der Waals surface area contributed by atoms with E-state index >= 15 is 0 Å². The molecule has 0 spiro atoms. The maximum Gasteiger partial charge on any atom is 0.256 e. The minimum absolute atomic E-state index is 0.0299. The van der Waals surface area contributed by atoms with Crippen LogP contribution in [0.15, 0.2) is 18.2 Å². The summed E-state index contributed by atoms with van der Waals surface area (Å²) in [5.41, 5.74) is 2.12. The highest BCUT2D eigenvalue weighted by Crippen LogP contribution is 2.32. The normalized spacial score (nSPS) is 16.8. The molecule has 0 unspecified atom stereocenters. The van der Waals surface area contributed by atoms with E-state index in [4.69, 9.17) is 0 Å². The Hall–Kier alpha value is -2.57. The first-order valence-corrected chi connectivity index (χ1v) is 11.2. The Morgan fingerprint density at radius 2 is 1.77 bits per heavy atom. The lowest BCUT2D eigenvalue weighted by Gasteiger charge is -2.28. The number of anilines is 2. The summed E-state index contributed by atoms with van der Waals surface area (Å²) in [7, 11) is 0. The molecule has 1 aromatic carbocycles. The van der Waals surface area contributed by atoms with E-state index in [-0.39, 0.29) is 23.6 Å². The van der Waals surface area contributed by atoms with Gasteiger partial charge in [0.1, 0.15) is 0 Å². The Kier molecular flexibility index (Phi) is 7.34. The molecule has 7 nitrogen and oxygen atoms in total. The molecule has 2 aliphatic rings. The van der Waals surface area contributed by atoms with Crippen LogP contribution in [0.5, 0.6) is 0 Å². The molecule has 0 aromatic heterocycles. The highest BCUT2D eigenvalue weighted by atomic mass is 16.2. The minimum Gasteiger partial charge on any atom is -0.369 e. The lowest BCUT2D eigenvalue weighted by Crippen LogP contribution is -2.37. The van der Waals surface area contributed by atoms with Crippen LogP contribution < -0.4 is 10.2 Å². The van der Waals surface area contributed by atoms with Gasteiger partial charge in [-0.3, -0.25) is 14.4 Å². The molecule has 1 aliphatic heterocycles. The Morgan fingerprint density at radius 1 is 1.03 bits per heavy atom. The lowest BCUT2D eigenvalue weighted by atomic mass is 10.1. The SMILES string of the molecule is CCC(=O)Nc1ccc(N2CCCN(C(=O)C3CC3)CC2)c(C(=O)N(CC)CC)c1. The first-order valence-electron chi connectivity index (χ1n) is 11.2. The first-order chi connectivity index (χ1) is 14.5. The molecule has 1 aromatic rings. The van der Waals surface area contributed by atoms with E-state index in [1.807, 2.05) is 30.9 Å². The van der Waals surface area contributed by atoms with Crippen LogP contribution in [0.1, 0.15) is 56.8 Å². The molecular formula is C23H34N4O3. The van der Waals surface area contributed by atoms with Crippen molar-refractivity contribution >= 4 is 29.1 Å². The molecule has 30 heavy (non-hydrogen) atoms. The molecule has 1 saturated carbocycles. The number of nitrogens with zero attached hydrogens (tertiary/aromatic N) is 3. The predicted octanol–water partition coefficient (Wildman–Crippen LogP) is 2.97. The van der Waals surface area contributed by atoms with Gasteiger partial charge in [0.15, 0.2) is 0 Å². The van der Waals surface area contributed by atoms with Crippen molar-refractivity contribution in [2.24, 2.45) is 5.92 Å². The number of carbonyl (C=O) groups excluding carboxylic acids is 3. The van der Waals surface area contributed by atoms with Crippen LogP contribution in [0.4, 0.5) is 11.4 Å². The van der Waals surface area contributed by atoms with Crippen LogP contribution in [0.25, 0.3) is 0 Å². The van der Waals surface area contributed by atoms with Gasteiger partial charge in [-0.25, -0.2) is 0 Å². The van der Waals surface area contributed by atoms with Gasteiger partial charge < -0.3 is 20.0 Å². The van der Waals surface area contributed by atoms with Gasteiger partial charge in [-0.05, 0) is 51.3 Å². The summed E-state index contributed by atoms with van der Waals surface area (Å²) < 4.78 is 0. The number of hydrogen-bond donors (Lipinski definition) is 1. The van der Waals surface area contributed by atoms with E-state index in [0.29, 0.717) is 43.9 Å². The average molecular weight is 415 g/mol. The van der Waals surface area contributed by atoms with Gasteiger partial charge in [0, 0.05) is 63.0 Å². The largest absolute Gasteiger partial charge is 0.369 e. The molecule has 3 amide bonds. The van der Waals surface area contributed by atoms with Gasteiger partial charge in [-0.15, -0.1) is 0 Å². The maximum atomic E-state index is 13.3. The summed E-state index contributed by atoms with van der Waals surface area (Å²) >= 11 is 0. The zero-order valence-electron chi connectivity index (χ0n) is 18.4. The van der Waals surface area contributed by atoms with Crippen molar-refractivity contribution in [2.75, 3.05) is 49.5 Å². The van der Waals surface area contributed by atoms with E-state index in [1.54, 1.807) is 17.9 Å². The predicted molar refractivity (Wildman–Crippen MR) is 119 cm³/mol. The summed E-state index contributed by atoms with van der Waals surface area (Å²) in [5.74, 6) is 0.414. The van der Waals surface area contributed by atoms with Crippen molar-refractivity contribution in [3.63, 3.8) is 0 Å². The molecule has 7 heteroatoms. The van der Waals surface area contributed by atoms with Crippen molar-refractivity contribution < 1.29 is 14.4 Å². The Bertz CT molecular complexity index is 787. The molecule has 0 bridgehead atoms. The molecule has 0 radical (unpaired) electrons. The fourth-order valence-electron chi connectivity index (χ4n) is 3.96. The van der Waals surface area contributed by atoms with E-state index in [9.17, 15) is 14.4 Å². The average Bonchev–Trinajstić information content (AvgIpc) is 3.61. The molecule has 2 fully saturated rings. The molecule has 1 heterocycles. The second-order valence-electron chi connectivity index (χ2n) is 8.05. The van der Waals surface area contributed by atoms with Gasteiger partial charge in [-0.2, -0.15) is 0 Å². The topological polar surface area (TPSA) is 73.0 Å². The second kappa shape index (κ2) is 9.96. The maximum absolute atomic E-state index is 13.3.